The molecule has 0 saturated carbocycles. The number of carbonyl (C=O) groups is 2. The maximum absolute atomic E-state index is 12.9. The largest absolute Gasteiger partial charge is 0.494 e. The predicted octanol–water partition coefficient (Wildman–Crippen LogP) is 8.30. The van der Waals surface area contributed by atoms with Gasteiger partial charge in [-0.2, -0.15) is 0 Å². The Labute approximate surface area is 221 Å². The van der Waals surface area contributed by atoms with Crippen LogP contribution in [-0.2, 0) is 4.74 Å². The fraction of sp³-hybridized carbons (Fsp3) is 0.467. The van der Waals surface area contributed by atoms with Crippen molar-refractivity contribution < 1.29 is 19.1 Å². The van der Waals surface area contributed by atoms with Crippen LogP contribution in [0.25, 0.3) is 0 Å². The Balaban J connectivity index is 1.85. The van der Waals surface area contributed by atoms with Crippen LogP contribution in [0.1, 0.15) is 92.9 Å². The number of unbranched alkanes of at least 4 members (excludes halogenated alkanes) is 7. The fourth-order valence-electron chi connectivity index (χ4n) is 3.62. The van der Waals surface area contributed by atoms with Gasteiger partial charge in [-0.05, 0) is 75.1 Å². The van der Waals surface area contributed by atoms with Crippen LogP contribution in [0.2, 0.25) is 0 Å². The van der Waals surface area contributed by atoms with E-state index in [2.05, 4.69) is 12.2 Å². The first kappa shape index (κ1) is 29.5. The van der Waals surface area contributed by atoms with E-state index in [1.54, 1.807) is 24.3 Å². The number of anilines is 1. The van der Waals surface area contributed by atoms with E-state index in [-0.39, 0.29) is 12.5 Å². The molecule has 1 amide bonds. The lowest BCUT2D eigenvalue weighted by molar-refractivity contribution is 0.0548. The first-order valence-electron chi connectivity index (χ1n) is 13.0. The van der Waals surface area contributed by atoms with Gasteiger partial charge in [0.15, 0.2) is 0 Å². The third-order valence-electron chi connectivity index (χ3n) is 5.77. The summed E-state index contributed by atoms with van der Waals surface area (Å²) < 4.78 is 11.1. The second kappa shape index (κ2) is 16.9. The lowest BCUT2D eigenvalue weighted by Crippen LogP contribution is -2.14. The number of hydrogen-bond donors (Lipinski definition) is 1. The third-order valence-corrected chi connectivity index (χ3v) is 6.57. The van der Waals surface area contributed by atoms with Crippen LogP contribution in [0.4, 0.5) is 5.69 Å². The lowest BCUT2D eigenvalue weighted by atomic mass is 10.1. The van der Waals surface area contributed by atoms with Crippen molar-refractivity contribution in [3.8, 4) is 5.75 Å². The highest BCUT2D eigenvalue weighted by Gasteiger charge is 2.14. The Morgan fingerprint density at radius 3 is 2.17 bits per heavy atom. The minimum atomic E-state index is -0.423. The molecule has 0 aliphatic heterocycles. The molecule has 0 saturated heterocycles. The molecule has 0 bridgehead atoms. The predicted molar refractivity (Wildman–Crippen MR) is 150 cm³/mol. The smallest absolute Gasteiger partial charge is 0.338 e. The molecule has 196 valence electrons. The Morgan fingerprint density at radius 1 is 0.889 bits per heavy atom. The number of hydrogen-bond acceptors (Lipinski definition) is 5. The topological polar surface area (TPSA) is 64.6 Å². The number of benzene rings is 2. The molecule has 0 unspecified atom stereocenters. The van der Waals surface area contributed by atoms with Gasteiger partial charge in [-0.15, -0.1) is 11.8 Å². The van der Waals surface area contributed by atoms with Crippen LogP contribution < -0.4 is 10.1 Å². The molecule has 0 radical (unpaired) electrons. The molecule has 6 heteroatoms. The van der Waals surface area contributed by atoms with Crippen LogP contribution in [0, 0.1) is 0 Å². The summed E-state index contributed by atoms with van der Waals surface area (Å²) in [6.45, 7) is 7.05. The van der Waals surface area contributed by atoms with Crippen molar-refractivity contribution in [1.29, 1.82) is 0 Å². The van der Waals surface area contributed by atoms with Gasteiger partial charge in [-0.25, -0.2) is 4.79 Å². The molecule has 0 fully saturated rings. The number of rotatable bonds is 16. The molecule has 0 aliphatic rings. The van der Waals surface area contributed by atoms with Crippen molar-refractivity contribution in [2.24, 2.45) is 0 Å². The second-order valence-corrected chi connectivity index (χ2v) is 9.94. The van der Waals surface area contributed by atoms with E-state index in [0.29, 0.717) is 23.4 Å². The summed E-state index contributed by atoms with van der Waals surface area (Å²) >= 11 is 1.50. The van der Waals surface area contributed by atoms with Crippen molar-refractivity contribution in [2.45, 2.75) is 77.0 Å². The van der Waals surface area contributed by atoms with Gasteiger partial charge in [0.1, 0.15) is 12.4 Å². The highest BCUT2D eigenvalue weighted by atomic mass is 32.2. The molecule has 0 spiro atoms. The Kier molecular flexibility index (Phi) is 13.8. The van der Waals surface area contributed by atoms with Crippen molar-refractivity contribution in [1.82, 2.24) is 0 Å². The van der Waals surface area contributed by atoms with Gasteiger partial charge < -0.3 is 14.8 Å². The zero-order valence-corrected chi connectivity index (χ0v) is 23.0. The fourth-order valence-corrected chi connectivity index (χ4v) is 4.16. The maximum atomic E-state index is 12.9. The highest BCUT2D eigenvalue weighted by molar-refractivity contribution is 7.98. The summed E-state index contributed by atoms with van der Waals surface area (Å²) in [7, 11) is 0. The monoisotopic (exact) mass is 511 g/mol. The number of carbonyl (C=O) groups excluding carboxylic acids is 2. The Morgan fingerprint density at radius 2 is 1.53 bits per heavy atom. The van der Waals surface area contributed by atoms with Gasteiger partial charge >= 0.3 is 5.97 Å². The van der Waals surface area contributed by atoms with E-state index >= 15 is 0 Å². The van der Waals surface area contributed by atoms with Crippen LogP contribution >= 0.6 is 11.8 Å². The Hall–Kier alpha value is -2.73. The van der Waals surface area contributed by atoms with Gasteiger partial charge in [0.05, 0.1) is 17.9 Å². The summed E-state index contributed by atoms with van der Waals surface area (Å²) in [6.07, 6.45) is 13.9. The van der Waals surface area contributed by atoms with Gasteiger partial charge in [-0.1, -0.05) is 57.4 Å². The minimum absolute atomic E-state index is 0.223. The molecular formula is C30H41NO4S. The van der Waals surface area contributed by atoms with E-state index in [4.69, 9.17) is 9.47 Å². The molecule has 2 aromatic rings. The first-order valence-corrected chi connectivity index (χ1v) is 14.2. The average molecular weight is 512 g/mol. The summed E-state index contributed by atoms with van der Waals surface area (Å²) in [5, 5.41) is 2.93. The van der Waals surface area contributed by atoms with E-state index in [0.717, 1.165) is 22.6 Å². The molecule has 5 nitrogen and oxygen atoms in total. The number of ether oxygens (including phenoxy) is 2. The average Bonchev–Trinajstić information content (AvgIpc) is 2.87. The molecule has 2 aromatic carbocycles. The number of esters is 1. The van der Waals surface area contributed by atoms with Gasteiger partial charge in [0.2, 0.25) is 0 Å². The summed E-state index contributed by atoms with van der Waals surface area (Å²) in [5.74, 6) is 0.101. The van der Waals surface area contributed by atoms with Gasteiger partial charge in [0.25, 0.3) is 5.91 Å². The maximum Gasteiger partial charge on any atom is 0.338 e. The van der Waals surface area contributed by atoms with Crippen LogP contribution in [0.15, 0.2) is 59.0 Å². The molecule has 0 aliphatic carbocycles. The molecule has 1 N–H and O–H groups in total. The summed E-state index contributed by atoms with van der Waals surface area (Å²) in [4.78, 5) is 26.1. The zero-order chi connectivity index (χ0) is 26.2. The molecule has 2 rings (SSSR count). The Bertz CT molecular complexity index is 981. The number of amides is 1. The van der Waals surface area contributed by atoms with Crippen molar-refractivity contribution in [3.63, 3.8) is 0 Å². The van der Waals surface area contributed by atoms with Crippen molar-refractivity contribution >= 4 is 29.3 Å². The number of allylic oxidation sites excluding steroid dienone is 1. The summed E-state index contributed by atoms with van der Waals surface area (Å²) in [5.41, 5.74) is 2.59. The lowest BCUT2D eigenvalue weighted by Gasteiger charge is -2.12. The molecule has 0 atom stereocenters. The van der Waals surface area contributed by atoms with Crippen molar-refractivity contribution in [3.05, 3.63) is 65.2 Å². The quantitative estimate of drug-likeness (QED) is 0.106. The van der Waals surface area contributed by atoms with E-state index in [9.17, 15) is 9.59 Å². The molecule has 36 heavy (non-hydrogen) atoms. The number of nitrogens with one attached hydrogen (secondary N) is 1. The van der Waals surface area contributed by atoms with E-state index in [1.807, 2.05) is 44.4 Å². The standard InChI is InChI=1S/C30H41NO4S/c1-5-6-7-8-9-10-11-12-20-34-26-16-13-24(14-17-26)29(32)31-27-22-25(15-18-28(27)36-4)30(33)35-21-19-23(2)3/h13-19,22H,5-12,20-21H2,1-4H3,(H,31,32). The van der Waals surface area contributed by atoms with Crippen LogP contribution in [0.5, 0.6) is 5.75 Å². The van der Waals surface area contributed by atoms with Crippen molar-refractivity contribution in [2.75, 3.05) is 24.8 Å². The normalized spacial score (nSPS) is 10.6. The van der Waals surface area contributed by atoms with Crippen LogP contribution in [0.3, 0.4) is 0 Å². The van der Waals surface area contributed by atoms with Gasteiger partial charge in [-0.3, -0.25) is 4.79 Å². The third kappa shape index (κ3) is 10.9. The SMILES string of the molecule is CCCCCCCCCCOc1ccc(C(=O)Nc2cc(C(=O)OCC=C(C)C)ccc2SC)cc1. The molecular weight excluding hydrogens is 470 g/mol. The van der Waals surface area contributed by atoms with Crippen LogP contribution in [-0.4, -0.2) is 31.3 Å². The van der Waals surface area contributed by atoms with E-state index in [1.165, 1.54) is 56.7 Å². The number of thioether (sulfide) groups is 1. The highest BCUT2D eigenvalue weighted by Crippen LogP contribution is 2.27. The second-order valence-electron chi connectivity index (χ2n) is 9.10. The molecule has 0 aromatic heterocycles. The molecule has 0 heterocycles. The van der Waals surface area contributed by atoms with E-state index < -0.39 is 5.97 Å². The van der Waals surface area contributed by atoms with Gasteiger partial charge in [0, 0.05) is 10.5 Å². The minimum Gasteiger partial charge on any atom is -0.494 e. The first-order chi connectivity index (χ1) is 17.4. The zero-order valence-electron chi connectivity index (χ0n) is 22.2. The summed E-state index contributed by atoms with van der Waals surface area (Å²) in [6, 6.07) is 12.4.